The Hall–Kier alpha value is -13.0. The van der Waals surface area contributed by atoms with Gasteiger partial charge in [0.1, 0.15) is 0 Å². The van der Waals surface area contributed by atoms with E-state index in [4.69, 9.17) is 0 Å². The highest BCUT2D eigenvalue weighted by Gasteiger charge is 2.35. The van der Waals surface area contributed by atoms with Crippen LogP contribution in [0.25, 0.3) is 111 Å². The molecule has 16 aromatic carbocycles. The first-order chi connectivity index (χ1) is 56.0. The molecule has 0 spiro atoms. The Morgan fingerprint density at radius 3 is 0.825 bits per heavy atom. The largest absolute Gasteiger partial charge is 0.0802 e. The molecule has 114 heavy (non-hydrogen) atoms. The van der Waals surface area contributed by atoms with E-state index < -0.39 is 0 Å². The highest BCUT2D eigenvalue weighted by atomic mass is 14.4. The number of rotatable bonds is 0. The maximum absolute atomic E-state index is 2.48. The quantitative estimate of drug-likeness (QED) is 0.142. The maximum atomic E-state index is 2.48. The van der Waals surface area contributed by atoms with Crippen molar-refractivity contribution in [3.8, 4) is 111 Å². The minimum atomic E-state index is 0. The zero-order chi connectivity index (χ0) is 74.2. The second kappa shape index (κ2) is 27.7. The fraction of sp³-hybridized carbons (Fsp3) is 0.123. The molecule has 2 unspecified atom stereocenters. The van der Waals surface area contributed by atoms with Gasteiger partial charge in [-0.15, -0.1) is 0 Å². The normalized spacial score (nSPS) is 15.2. The van der Waals surface area contributed by atoms with Crippen LogP contribution in [0.1, 0.15) is 136 Å². The molecule has 12 aliphatic rings. The molecule has 16 aromatic rings. The highest BCUT2D eigenvalue weighted by molar-refractivity contribution is 5.96. The average molecular weight is 1460 g/mol. The van der Waals surface area contributed by atoms with Crippen LogP contribution in [0.15, 0.2) is 352 Å². The van der Waals surface area contributed by atoms with Gasteiger partial charge in [0.15, 0.2) is 0 Å². The van der Waals surface area contributed by atoms with Crippen molar-refractivity contribution in [2.75, 3.05) is 0 Å². The van der Waals surface area contributed by atoms with Crippen LogP contribution in [0.4, 0.5) is 0 Å². The molecule has 0 heterocycles. The van der Waals surface area contributed by atoms with Gasteiger partial charge in [0.2, 0.25) is 0 Å². The molecule has 0 N–H and O–H groups in total. The zero-order valence-electron chi connectivity index (χ0n) is 63.4. The van der Waals surface area contributed by atoms with Crippen LogP contribution < -0.4 is 0 Å². The van der Waals surface area contributed by atoms with Gasteiger partial charge in [0.25, 0.3) is 0 Å². The summed E-state index contributed by atoms with van der Waals surface area (Å²) in [7, 11) is 0. The van der Waals surface area contributed by atoms with Crippen molar-refractivity contribution in [1.29, 1.82) is 0 Å². The van der Waals surface area contributed by atoms with E-state index in [2.05, 4.69) is 352 Å². The Bertz CT molecular complexity index is 6450. The average Bonchev–Trinajstić information content (AvgIpc) is 1.60. The lowest BCUT2D eigenvalue weighted by atomic mass is 9.88. The Morgan fingerprint density at radius 2 is 0.421 bits per heavy atom. The Morgan fingerprint density at radius 1 is 0.167 bits per heavy atom. The summed E-state index contributed by atoms with van der Waals surface area (Å²) in [5.74, 6) is 1.29. The first-order valence-electron chi connectivity index (χ1n) is 41.0. The molecule has 12 aliphatic carbocycles. The molecular weight excluding hydrogens is 1370 g/mol. The van der Waals surface area contributed by atoms with E-state index >= 15 is 0 Å². The van der Waals surface area contributed by atoms with E-state index in [0.29, 0.717) is 11.8 Å². The monoisotopic (exact) mass is 1450 g/mol. The van der Waals surface area contributed by atoms with E-state index in [-0.39, 0.29) is 7.43 Å². The molecule has 0 saturated carbocycles. The molecule has 28 rings (SSSR count). The van der Waals surface area contributed by atoms with Gasteiger partial charge in [-0.3, -0.25) is 0 Å². The minimum absolute atomic E-state index is 0. The first kappa shape index (κ1) is 67.9. The van der Waals surface area contributed by atoms with E-state index in [0.717, 1.165) is 64.2 Å². The number of hydrogen-bond acceptors (Lipinski definition) is 0. The summed E-state index contributed by atoms with van der Waals surface area (Å²) >= 11 is 0. The smallest absolute Gasteiger partial charge is 0.00901 e. The third kappa shape index (κ3) is 11.3. The number of benzene rings is 16. The Balaban J connectivity index is 0.0000000836. The van der Waals surface area contributed by atoms with E-state index in [9.17, 15) is 0 Å². The molecule has 0 amide bonds. The van der Waals surface area contributed by atoms with Crippen molar-refractivity contribution in [1.82, 2.24) is 0 Å². The number of allylic oxidation sites excluding steroid dienone is 4. The summed E-state index contributed by atoms with van der Waals surface area (Å²) in [4.78, 5) is 0. The van der Waals surface area contributed by atoms with Crippen molar-refractivity contribution in [2.24, 2.45) is 5.92 Å². The van der Waals surface area contributed by atoms with Crippen LogP contribution in [0.5, 0.6) is 0 Å². The Kier molecular flexibility index (Phi) is 16.5. The maximum Gasteiger partial charge on any atom is 0.00901 e. The third-order valence-electron chi connectivity index (χ3n) is 26.8. The first-order valence-corrected chi connectivity index (χ1v) is 41.0. The van der Waals surface area contributed by atoms with Crippen LogP contribution in [0.3, 0.4) is 0 Å². The molecular formula is C114H86. The summed E-state index contributed by atoms with van der Waals surface area (Å²) in [6, 6.07) is 121. The predicted molar refractivity (Wildman–Crippen MR) is 476 cm³/mol. The SMILES string of the molecule is C.C1=CC2Cc3cc4c(cc3C2C=C1)-c1ccccc1C4.c1ccc2c(c1)Cc1c-2ccc2c1-c1ccccc1C2.c1ccc2c(c1)Cc1c-2ccc2c1Cc1ccccc1-2.c1ccc2c(c1)Cc1cc3c(cc1-2)Cc1ccccc1-3.c1ccc2c(c1)Cc1ccc3c(c1-2)-c1ccccc1C3.c1ccc2c(c1)Cc1ccccc1-2. The summed E-state index contributed by atoms with van der Waals surface area (Å²) in [5, 5.41) is 0. The van der Waals surface area contributed by atoms with Crippen molar-refractivity contribution in [3.63, 3.8) is 0 Å². The standard InChI is InChI=1S/2C20H14.C20H16.2C20H14.C13H10.CH4/c1-3-7-16-14(6-1)12-19-18(16)10-9-15-11-13-5-2-4-8-17(13)20(15)19;1-3-7-17-13(5-1)9-15-11-20-16(12-19(15)17)10-14-6-2-4-8-18(14)20;1-3-7-17-13(5-1)9-15-11-16-10-14-6-2-4-8-18(14)20(16)12-19(15)17;1-3-7-17-13(5-1)11-15-9-10-16-12-14-6-2-4-8-18(14)20(16)19(15)17;1-3-7-15-13(5-1)11-19-17(15)9-10-18-16-8-4-2-6-14(16)12-20(18)19;1-3-7-12-10(5-1)9-11-6-2-4-8-13(11)12;/h1-10H,11-12H2;1-8,11-12H,9-10H2;1-8,11-13,17H,9-10H2;2*1-10H,11-12H2;1-8H,9H2;1H4. The molecule has 0 aliphatic heterocycles. The van der Waals surface area contributed by atoms with Crippen molar-refractivity contribution >= 4 is 0 Å². The molecule has 542 valence electrons. The van der Waals surface area contributed by atoms with Gasteiger partial charge in [-0.05, 0) is 328 Å². The molecule has 0 fully saturated rings. The molecule has 0 nitrogen and oxygen atoms in total. The fourth-order valence-corrected chi connectivity index (χ4v) is 21.6. The topological polar surface area (TPSA) is 0 Å². The van der Waals surface area contributed by atoms with Gasteiger partial charge in [-0.2, -0.15) is 0 Å². The molecule has 0 heteroatoms. The lowest BCUT2D eigenvalue weighted by Gasteiger charge is -2.16. The van der Waals surface area contributed by atoms with E-state index in [1.54, 1.807) is 22.3 Å². The zero-order valence-corrected chi connectivity index (χ0v) is 63.4. The summed E-state index contributed by atoms with van der Waals surface area (Å²) in [6.45, 7) is 0. The van der Waals surface area contributed by atoms with Gasteiger partial charge >= 0.3 is 0 Å². The van der Waals surface area contributed by atoms with Gasteiger partial charge in [-0.1, -0.05) is 341 Å². The molecule has 0 aromatic heterocycles. The second-order valence-corrected chi connectivity index (χ2v) is 32.9. The predicted octanol–water partition coefficient (Wildman–Crippen LogP) is 27.8. The molecule has 0 radical (unpaired) electrons. The van der Waals surface area contributed by atoms with Gasteiger partial charge in [0, 0.05) is 5.92 Å². The molecule has 2 atom stereocenters. The number of hydrogen-bond donors (Lipinski definition) is 0. The van der Waals surface area contributed by atoms with Gasteiger partial charge in [0.05, 0.1) is 0 Å². The van der Waals surface area contributed by atoms with Crippen molar-refractivity contribution in [2.45, 2.75) is 84.0 Å². The van der Waals surface area contributed by atoms with Crippen LogP contribution in [-0.4, -0.2) is 0 Å². The molecule has 0 saturated heterocycles. The van der Waals surface area contributed by atoms with Gasteiger partial charge in [-0.25, -0.2) is 0 Å². The summed E-state index contributed by atoms with van der Waals surface area (Å²) < 4.78 is 0. The van der Waals surface area contributed by atoms with E-state index in [1.807, 2.05) is 0 Å². The molecule has 0 bridgehead atoms. The lowest BCUT2D eigenvalue weighted by Crippen LogP contribution is -2.04. The van der Waals surface area contributed by atoms with E-state index in [1.165, 1.54) is 218 Å². The lowest BCUT2D eigenvalue weighted by molar-refractivity contribution is 0.630. The highest BCUT2D eigenvalue weighted by Crippen LogP contribution is 2.53. The van der Waals surface area contributed by atoms with Crippen LogP contribution in [0.2, 0.25) is 0 Å². The van der Waals surface area contributed by atoms with Crippen LogP contribution in [0, 0.1) is 5.92 Å². The van der Waals surface area contributed by atoms with Gasteiger partial charge < -0.3 is 0 Å². The minimum Gasteiger partial charge on any atom is -0.0802 e. The fourth-order valence-electron chi connectivity index (χ4n) is 21.6. The van der Waals surface area contributed by atoms with Crippen LogP contribution in [-0.2, 0) is 70.6 Å². The van der Waals surface area contributed by atoms with Crippen LogP contribution >= 0.6 is 0 Å². The van der Waals surface area contributed by atoms with Crippen molar-refractivity contribution in [3.05, 3.63) is 474 Å². The third-order valence-corrected chi connectivity index (χ3v) is 26.8. The second-order valence-electron chi connectivity index (χ2n) is 32.9. The van der Waals surface area contributed by atoms with Crippen molar-refractivity contribution < 1.29 is 0 Å². The number of fused-ring (bicyclic) bond motifs is 36. The Labute approximate surface area is 670 Å². The summed E-state index contributed by atoms with van der Waals surface area (Å²) in [5.41, 5.74) is 61.9. The summed E-state index contributed by atoms with van der Waals surface area (Å²) in [6.07, 6.45) is 21.3.